The second kappa shape index (κ2) is 21.5. The standard InChI is InChI=1S/C25H41NO8/c1-2-3-4-5-6-11-24(28)26-23-10-8-7-9-22(23)25(29)34-21-20-33-19-18-32-17-16-31-15-14-30-13-12-27/h7-10,27H,2-6,11-21H2,1H3,(H,26,28). The highest BCUT2D eigenvalue weighted by Gasteiger charge is 2.14. The van der Waals surface area contributed by atoms with Crippen molar-refractivity contribution < 1.29 is 38.4 Å². The topological polar surface area (TPSA) is 113 Å². The van der Waals surface area contributed by atoms with Gasteiger partial charge in [-0.2, -0.15) is 0 Å². The van der Waals surface area contributed by atoms with E-state index in [9.17, 15) is 9.59 Å². The van der Waals surface area contributed by atoms with Crippen molar-refractivity contribution in [3.05, 3.63) is 29.8 Å². The van der Waals surface area contributed by atoms with Gasteiger partial charge in [0.1, 0.15) is 6.61 Å². The Morgan fingerprint density at radius 1 is 0.765 bits per heavy atom. The average Bonchev–Trinajstić information content (AvgIpc) is 2.84. The minimum absolute atomic E-state index is 0.00707. The van der Waals surface area contributed by atoms with Gasteiger partial charge in [0, 0.05) is 6.42 Å². The van der Waals surface area contributed by atoms with Crippen LogP contribution in [0.3, 0.4) is 0 Å². The summed E-state index contributed by atoms with van der Waals surface area (Å²) in [5.74, 6) is -0.598. The summed E-state index contributed by atoms with van der Waals surface area (Å²) in [6, 6.07) is 6.84. The number of carbonyl (C=O) groups excluding carboxylic acids is 2. The number of nitrogens with one attached hydrogen (secondary N) is 1. The lowest BCUT2D eigenvalue weighted by molar-refractivity contribution is -0.116. The summed E-state index contributed by atoms with van der Waals surface area (Å²) in [5, 5.41) is 11.4. The van der Waals surface area contributed by atoms with Crippen molar-refractivity contribution in [1.29, 1.82) is 0 Å². The molecule has 1 rings (SSSR count). The molecule has 0 unspecified atom stereocenters. The molecular formula is C25H41NO8. The molecule has 9 nitrogen and oxygen atoms in total. The summed E-state index contributed by atoms with van der Waals surface area (Å²) in [7, 11) is 0. The molecule has 0 spiro atoms. The van der Waals surface area contributed by atoms with Crippen molar-refractivity contribution in [2.24, 2.45) is 0 Å². The van der Waals surface area contributed by atoms with Crippen molar-refractivity contribution >= 4 is 17.6 Å². The van der Waals surface area contributed by atoms with Crippen LogP contribution in [0.15, 0.2) is 24.3 Å². The molecular weight excluding hydrogens is 442 g/mol. The van der Waals surface area contributed by atoms with E-state index in [4.69, 9.17) is 28.8 Å². The number of aliphatic hydroxyl groups is 1. The molecule has 0 heterocycles. The molecule has 0 saturated heterocycles. The van der Waals surface area contributed by atoms with Crippen molar-refractivity contribution in [2.75, 3.05) is 71.4 Å². The Morgan fingerprint density at radius 2 is 1.32 bits per heavy atom. The summed E-state index contributed by atoms with van der Waals surface area (Å²) >= 11 is 0. The lowest BCUT2D eigenvalue weighted by Gasteiger charge is -2.11. The van der Waals surface area contributed by atoms with E-state index in [-0.39, 0.29) is 25.7 Å². The molecule has 2 N–H and O–H groups in total. The number of rotatable bonds is 22. The number of ether oxygens (including phenoxy) is 5. The van der Waals surface area contributed by atoms with Crippen LogP contribution in [0.5, 0.6) is 0 Å². The van der Waals surface area contributed by atoms with E-state index in [0.29, 0.717) is 63.9 Å². The van der Waals surface area contributed by atoms with Gasteiger partial charge < -0.3 is 34.1 Å². The number of esters is 1. The minimum Gasteiger partial charge on any atom is -0.460 e. The van der Waals surface area contributed by atoms with E-state index in [2.05, 4.69) is 12.2 Å². The van der Waals surface area contributed by atoms with E-state index < -0.39 is 5.97 Å². The second-order valence-corrected chi connectivity index (χ2v) is 7.57. The number of anilines is 1. The summed E-state index contributed by atoms with van der Waals surface area (Å²) in [6.45, 7) is 5.42. The van der Waals surface area contributed by atoms with Crippen molar-refractivity contribution in [3.63, 3.8) is 0 Å². The summed E-state index contributed by atoms with van der Waals surface area (Å²) in [4.78, 5) is 24.6. The first-order valence-corrected chi connectivity index (χ1v) is 12.2. The van der Waals surface area contributed by atoms with Crippen LogP contribution in [0, 0.1) is 0 Å². The van der Waals surface area contributed by atoms with E-state index in [0.717, 1.165) is 19.3 Å². The zero-order valence-corrected chi connectivity index (χ0v) is 20.4. The molecule has 0 aliphatic carbocycles. The Kier molecular flexibility index (Phi) is 19.0. The smallest absolute Gasteiger partial charge is 0.340 e. The molecule has 0 aromatic heterocycles. The predicted octanol–water partition coefficient (Wildman–Crippen LogP) is 3.20. The van der Waals surface area contributed by atoms with Crippen molar-refractivity contribution in [1.82, 2.24) is 0 Å². The molecule has 0 fully saturated rings. The SMILES string of the molecule is CCCCCCCC(=O)Nc1ccccc1C(=O)OCCOCCOCCOCCOCCO. The third-order valence-electron chi connectivity index (χ3n) is 4.74. The Labute approximate surface area is 203 Å². The van der Waals surface area contributed by atoms with Gasteiger partial charge in [-0.15, -0.1) is 0 Å². The van der Waals surface area contributed by atoms with Gasteiger partial charge in [-0.25, -0.2) is 4.79 Å². The number of amides is 1. The monoisotopic (exact) mass is 483 g/mol. The van der Waals surface area contributed by atoms with Crippen LogP contribution < -0.4 is 5.32 Å². The maximum Gasteiger partial charge on any atom is 0.340 e. The Hall–Kier alpha value is -2.04. The summed E-state index contributed by atoms with van der Waals surface area (Å²) < 4.78 is 26.4. The average molecular weight is 484 g/mol. The molecule has 0 radical (unpaired) electrons. The predicted molar refractivity (Wildman–Crippen MR) is 129 cm³/mol. The van der Waals surface area contributed by atoms with Crippen molar-refractivity contribution in [3.8, 4) is 0 Å². The Bertz CT molecular complexity index is 656. The van der Waals surface area contributed by atoms with E-state index in [1.54, 1.807) is 24.3 Å². The zero-order valence-electron chi connectivity index (χ0n) is 20.4. The van der Waals surface area contributed by atoms with Crippen LogP contribution >= 0.6 is 0 Å². The maximum atomic E-state index is 12.4. The lowest BCUT2D eigenvalue weighted by Crippen LogP contribution is -2.17. The first-order valence-electron chi connectivity index (χ1n) is 12.2. The van der Waals surface area contributed by atoms with Gasteiger partial charge in [-0.3, -0.25) is 4.79 Å². The molecule has 194 valence electrons. The van der Waals surface area contributed by atoms with Crippen LogP contribution in [0.4, 0.5) is 5.69 Å². The first kappa shape index (κ1) is 30.0. The third-order valence-corrected chi connectivity index (χ3v) is 4.74. The van der Waals surface area contributed by atoms with Crippen LogP contribution in [-0.4, -0.2) is 83.1 Å². The number of hydrogen-bond acceptors (Lipinski definition) is 8. The summed E-state index contributed by atoms with van der Waals surface area (Å²) in [5.41, 5.74) is 0.787. The number of hydrogen-bond donors (Lipinski definition) is 2. The summed E-state index contributed by atoms with van der Waals surface area (Å²) in [6.07, 6.45) is 5.80. The molecule has 0 saturated carbocycles. The molecule has 1 aromatic rings. The number of unbranched alkanes of at least 4 members (excludes halogenated alkanes) is 4. The largest absolute Gasteiger partial charge is 0.460 e. The Balaban J connectivity index is 2.12. The molecule has 0 aliphatic heterocycles. The van der Waals surface area contributed by atoms with Gasteiger partial charge in [0.15, 0.2) is 0 Å². The van der Waals surface area contributed by atoms with Gasteiger partial charge >= 0.3 is 5.97 Å². The minimum atomic E-state index is -0.501. The maximum absolute atomic E-state index is 12.4. The fourth-order valence-corrected chi connectivity index (χ4v) is 2.97. The zero-order chi connectivity index (χ0) is 24.7. The fraction of sp³-hybridized carbons (Fsp3) is 0.680. The highest BCUT2D eigenvalue weighted by Crippen LogP contribution is 2.17. The molecule has 0 atom stereocenters. The highest BCUT2D eigenvalue weighted by atomic mass is 16.6. The molecule has 34 heavy (non-hydrogen) atoms. The molecule has 0 bridgehead atoms. The van der Waals surface area contributed by atoms with Gasteiger partial charge in [0.2, 0.25) is 5.91 Å². The van der Waals surface area contributed by atoms with E-state index in [1.165, 1.54) is 12.8 Å². The van der Waals surface area contributed by atoms with Gasteiger partial charge in [-0.1, -0.05) is 44.7 Å². The normalized spacial score (nSPS) is 10.9. The number of aliphatic hydroxyl groups excluding tert-OH is 1. The van der Waals surface area contributed by atoms with Gasteiger partial charge in [0.25, 0.3) is 0 Å². The first-order chi connectivity index (χ1) is 16.7. The molecule has 1 amide bonds. The lowest BCUT2D eigenvalue weighted by atomic mass is 10.1. The molecule has 0 aliphatic rings. The van der Waals surface area contributed by atoms with Crippen LogP contribution in [0.2, 0.25) is 0 Å². The van der Waals surface area contributed by atoms with Gasteiger partial charge in [-0.05, 0) is 18.6 Å². The number of carbonyl (C=O) groups is 2. The molecule has 9 heteroatoms. The number of benzene rings is 1. The Morgan fingerprint density at radius 3 is 1.94 bits per heavy atom. The van der Waals surface area contributed by atoms with Crippen LogP contribution in [-0.2, 0) is 28.5 Å². The van der Waals surface area contributed by atoms with Crippen LogP contribution in [0.1, 0.15) is 55.8 Å². The van der Waals surface area contributed by atoms with Gasteiger partial charge in [0.05, 0.1) is 70.7 Å². The van der Waals surface area contributed by atoms with Crippen LogP contribution in [0.25, 0.3) is 0 Å². The second-order valence-electron chi connectivity index (χ2n) is 7.57. The quantitative estimate of drug-likeness (QED) is 0.191. The van der Waals surface area contributed by atoms with E-state index in [1.807, 2.05) is 0 Å². The number of para-hydroxylation sites is 1. The van der Waals surface area contributed by atoms with Crippen molar-refractivity contribution in [2.45, 2.75) is 45.4 Å². The molecule has 1 aromatic carbocycles. The highest BCUT2D eigenvalue weighted by molar-refractivity contribution is 6.01. The third kappa shape index (κ3) is 15.7. The van der Waals surface area contributed by atoms with E-state index >= 15 is 0 Å². The fourth-order valence-electron chi connectivity index (χ4n) is 2.97.